The van der Waals surface area contributed by atoms with Crippen LogP contribution in [0.1, 0.15) is 44.4 Å². The zero-order valence-electron chi connectivity index (χ0n) is 13.3. The van der Waals surface area contributed by atoms with E-state index in [9.17, 15) is 0 Å². The number of nitrogens with zero attached hydrogens (tertiary/aromatic N) is 1. The van der Waals surface area contributed by atoms with Crippen molar-refractivity contribution in [3.63, 3.8) is 0 Å². The Morgan fingerprint density at radius 1 is 1.10 bits per heavy atom. The summed E-state index contributed by atoms with van der Waals surface area (Å²) < 4.78 is 5.98. The van der Waals surface area contributed by atoms with Gasteiger partial charge in [0.25, 0.3) is 0 Å². The second-order valence-electron chi connectivity index (χ2n) is 6.24. The monoisotopic (exact) mass is 284 g/mol. The third-order valence-electron chi connectivity index (χ3n) is 3.51. The molecule has 2 N–H and O–H groups in total. The van der Waals surface area contributed by atoms with Gasteiger partial charge >= 0.3 is 0 Å². The SMILES string of the molecule is CCc1ccc(Oc2ccc(CN)cn2)c(C(C)(C)C)c1. The van der Waals surface area contributed by atoms with Crippen LogP contribution in [0.2, 0.25) is 0 Å². The van der Waals surface area contributed by atoms with Crippen LogP contribution in [0.4, 0.5) is 0 Å². The number of hydrogen-bond acceptors (Lipinski definition) is 3. The molecule has 1 aromatic carbocycles. The van der Waals surface area contributed by atoms with Crippen LogP contribution in [0.15, 0.2) is 36.5 Å². The molecule has 1 heterocycles. The van der Waals surface area contributed by atoms with Crippen LogP contribution in [0.25, 0.3) is 0 Å². The maximum atomic E-state index is 5.98. The first-order valence-corrected chi connectivity index (χ1v) is 7.40. The number of pyridine rings is 1. The second kappa shape index (κ2) is 6.27. The Labute approximate surface area is 127 Å². The molecule has 0 spiro atoms. The predicted octanol–water partition coefficient (Wildman–Crippen LogP) is 4.19. The van der Waals surface area contributed by atoms with Gasteiger partial charge in [0.05, 0.1) is 0 Å². The third kappa shape index (κ3) is 3.82. The van der Waals surface area contributed by atoms with Crippen LogP contribution in [0, 0.1) is 0 Å². The van der Waals surface area contributed by atoms with Crippen molar-refractivity contribution in [2.24, 2.45) is 5.73 Å². The Balaban J connectivity index is 2.34. The summed E-state index contributed by atoms with van der Waals surface area (Å²) in [6.07, 6.45) is 2.78. The van der Waals surface area contributed by atoms with Crippen molar-refractivity contribution in [2.45, 2.75) is 46.1 Å². The summed E-state index contributed by atoms with van der Waals surface area (Å²) in [6.45, 7) is 9.24. The molecular formula is C18H24N2O. The predicted molar refractivity (Wildman–Crippen MR) is 86.7 cm³/mol. The normalized spacial score (nSPS) is 11.5. The molecule has 21 heavy (non-hydrogen) atoms. The van der Waals surface area contributed by atoms with Gasteiger partial charge < -0.3 is 10.5 Å². The largest absolute Gasteiger partial charge is 0.439 e. The molecule has 0 unspecified atom stereocenters. The lowest BCUT2D eigenvalue weighted by Gasteiger charge is -2.23. The maximum absolute atomic E-state index is 5.98. The fraction of sp³-hybridized carbons (Fsp3) is 0.389. The van der Waals surface area contributed by atoms with Gasteiger partial charge in [-0.15, -0.1) is 0 Å². The number of nitrogens with two attached hydrogens (primary N) is 1. The molecule has 0 radical (unpaired) electrons. The maximum Gasteiger partial charge on any atom is 0.219 e. The van der Waals surface area contributed by atoms with E-state index in [4.69, 9.17) is 10.5 Å². The van der Waals surface area contributed by atoms with Gasteiger partial charge in [0.2, 0.25) is 5.88 Å². The van der Waals surface area contributed by atoms with Crippen molar-refractivity contribution >= 4 is 0 Å². The second-order valence-corrected chi connectivity index (χ2v) is 6.24. The highest BCUT2D eigenvalue weighted by atomic mass is 16.5. The van der Waals surface area contributed by atoms with Gasteiger partial charge in [0, 0.05) is 24.4 Å². The fourth-order valence-electron chi connectivity index (χ4n) is 2.18. The minimum atomic E-state index is 0.0255. The van der Waals surface area contributed by atoms with E-state index >= 15 is 0 Å². The number of ether oxygens (including phenoxy) is 1. The lowest BCUT2D eigenvalue weighted by Crippen LogP contribution is -2.13. The van der Waals surface area contributed by atoms with Gasteiger partial charge in [-0.1, -0.05) is 45.9 Å². The molecule has 0 atom stereocenters. The number of hydrogen-bond donors (Lipinski definition) is 1. The van der Waals surface area contributed by atoms with Crippen LogP contribution in [-0.4, -0.2) is 4.98 Å². The molecular weight excluding hydrogens is 260 g/mol. The van der Waals surface area contributed by atoms with Crippen LogP contribution >= 0.6 is 0 Å². The van der Waals surface area contributed by atoms with Crippen molar-refractivity contribution in [2.75, 3.05) is 0 Å². The Kier molecular flexibility index (Phi) is 4.63. The summed E-state index contributed by atoms with van der Waals surface area (Å²) in [5, 5.41) is 0. The highest BCUT2D eigenvalue weighted by Gasteiger charge is 2.20. The Morgan fingerprint density at radius 2 is 1.81 bits per heavy atom. The standard InChI is InChI=1S/C18H24N2O/c1-5-13-6-8-16(15(10-13)18(2,3)4)21-17-9-7-14(11-19)12-20-17/h6-10,12H,5,11,19H2,1-4H3. The van der Waals surface area contributed by atoms with Crippen molar-refractivity contribution in [3.05, 3.63) is 53.2 Å². The smallest absolute Gasteiger partial charge is 0.219 e. The van der Waals surface area contributed by atoms with Crippen LogP contribution < -0.4 is 10.5 Å². The van der Waals surface area contributed by atoms with Gasteiger partial charge in [-0.3, -0.25) is 0 Å². The fourth-order valence-corrected chi connectivity index (χ4v) is 2.18. The van der Waals surface area contributed by atoms with E-state index < -0.39 is 0 Å². The summed E-state index contributed by atoms with van der Waals surface area (Å²) in [6, 6.07) is 10.2. The molecule has 112 valence electrons. The molecule has 0 fully saturated rings. The highest BCUT2D eigenvalue weighted by Crippen LogP contribution is 2.34. The molecule has 2 aromatic rings. The van der Waals surface area contributed by atoms with E-state index in [2.05, 4.69) is 44.8 Å². The molecule has 0 aliphatic heterocycles. The van der Waals surface area contributed by atoms with E-state index in [0.29, 0.717) is 12.4 Å². The lowest BCUT2D eigenvalue weighted by atomic mass is 9.85. The van der Waals surface area contributed by atoms with E-state index in [0.717, 1.165) is 17.7 Å². The highest BCUT2D eigenvalue weighted by molar-refractivity contribution is 5.43. The zero-order valence-corrected chi connectivity index (χ0v) is 13.3. The van der Waals surface area contributed by atoms with E-state index in [1.54, 1.807) is 6.20 Å². The molecule has 0 saturated heterocycles. The number of aromatic nitrogens is 1. The molecule has 1 aromatic heterocycles. The number of benzene rings is 1. The molecule has 2 rings (SSSR count). The van der Waals surface area contributed by atoms with Crippen LogP contribution in [-0.2, 0) is 18.4 Å². The molecule has 3 nitrogen and oxygen atoms in total. The van der Waals surface area contributed by atoms with Crippen LogP contribution in [0.5, 0.6) is 11.6 Å². The van der Waals surface area contributed by atoms with E-state index in [1.807, 2.05) is 18.2 Å². The van der Waals surface area contributed by atoms with Crippen molar-refractivity contribution < 1.29 is 4.74 Å². The first kappa shape index (κ1) is 15.5. The molecule has 0 aliphatic carbocycles. The first-order valence-electron chi connectivity index (χ1n) is 7.40. The van der Waals surface area contributed by atoms with Crippen LogP contribution in [0.3, 0.4) is 0 Å². The van der Waals surface area contributed by atoms with Crippen molar-refractivity contribution in [3.8, 4) is 11.6 Å². The summed E-state index contributed by atoms with van der Waals surface area (Å²) in [5.41, 5.74) is 9.13. The van der Waals surface area contributed by atoms with Gasteiger partial charge in [-0.2, -0.15) is 0 Å². The Hall–Kier alpha value is -1.87. The zero-order chi connectivity index (χ0) is 15.5. The minimum absolute atomic E-state index is 0.0255. The Bertz CT molecular complexity index is 598. The molecule has 0 aliphatic rings. The Morgan fingerprint density at radius 3 is 2.33 bits per heavy atom. The van der Waals surface area contributed by atoms with Crippen molar-refractivity contribution in [1.82, 2.24) is 4.98 Å². The van der Waals surface area contributed by atoms with Gasteiger partial charge in [-0.05, 0) is 29.0 Å². The lowest BCUT2D eigenvalue weighted by molar-refractivity contribution is 0.439. The van der Waals surface area contributed by atoms with E-state index in [-0.39, 0.29) is 5.41 Å². The summed E-state index contributed by atoms with van der Waals surface area (Å²) in [5.74, 6) is 1.47. The topological polar surface area (TPSA) is 48.1 Å². The number of aryl methyl sites for hydroxylation is 1. The van der Waals surface area contributed by atoms with Crippen molar-refractivity contribution in [1.29, 1.82) is 0 Å². The quantitative estimate of drug-likeness (QED) is 0.915. The molecule has 0 amide bonds. The van der Waals surface area contributed by atoms with Gasteiger partial charge in [-0.25, -0.2) is 4.98 Å². The minimum Gasteiger partial charge on any atom is -0.439 e. The summed E-state index contributed by atoms with van der Waals surface area (Å²) in [7, 11) is 0. The van der Waals surface area contributed by atoms with E-state index in [1.165, 1.54) is 11.1 Å². The summed E-state index contributed by atoms with van der Waals surface area (Å²) >= 11 is 0. The van der Waals surface area contributed by atoms with Gasteiger partial charge in [0.15, 0.2) is 0 Å². The first-order chi connectivity index (χ1) is 9.94. The average Bonchev–Trinajstić information content (AvgIpc) is 2.47. The molecule has 0 bridgehead atoms. The molecule has 3 heteroatoms. The number of rotatable bonds is 4. The third-order valence-corrected chi connectivity index (χ3v) is 3.51. The molecule has 0 saturated carbocycles. The summed E-state index contributed by atoms with van der Waals surface area (Å²) in [4.78, 5) is 4.31. The average molecular weight is 284 g/mol. The van der Waals surface area contributed by atoms with Gasteiger partial charge in [0.1, 0.15) is 5.75 Å².